The van der Waals surface area contributed by atoms with Crippen molar-refractivity contribution in [3.05, 3.63) is 34.9 Å². The summed E-state index contributed by atoms with van der Waals surface area (Å²) >= 11 is 0. The average molecular weight is 375 g/mol. The van der Waals surface area contributed by atoms with Crippen molar-refractivity contribution < 1.29 is 23.9 Å². The first-order valence-electron chi connectivity index (χ1n) is 8.80. The minimum atomic E-state index is -0.416. The van der Waals surface area contributed by atoms with E-state index in [9.17, 15) is 19.2 Å². The van der Waals surface area contributed by atoms with E-state index in [2.05, 4.69) is 5.32 Å². The van der Waals surface area contributed by atoms with Gasteiger partial charge < -0.3 is 15.0 Å². The number of nitrogens with zero attached hydrogens (tertiary/aromatic N) is 2. The largest absolute Gasteiger partial charge is 0.385 e. The predicted molar refractivity (Wildman–Crippen MR) is 98.5 cm³/mol. The van der Waals surface area contributed by atoms with E-state index in [1.54, 1.807) is 7.11 Å². The molecule has 27 heavy (non-hydrogen) atoms. The summed E-state index contributed by atoms with van der Waals surface area (Å²) in [5, 5.41) is 2.72. The highest BCUT2D eigenvalue weighted by molar-refractivity contribution is 6.22. The van der Waals surface area contributed by atoms with Crippen molar-refractivity contribution in [1.29, 1.82) is 0 Å². The summed E-state index contributed by atoms with van der Waals surface area (Å²) < 4.78 is 4.95. The minimum absolute atomic E-state index is 0.0197. The van der Waals surface area contributed by atoms with Gasteiger partial charge in [-0.3, -0.25) is 24.1 Å². The number of rotatable bonds is 8. The molecule has 1 aliphatic heterocycles. The van der Waals surface area contributed by atoms with Crippen molar-refractivity contribution >= 4 is 23.6 Å². The van der Waals surface area contributed by atoms with Crippen molar-refractivity contribution in [1.82, 2.24) is 15.1 Å². The zero-order chi connectivity index (χ0) is 20.1. The molecule has 8 nitrogen and oxygen atoms in total. The fourth-order valence-electron chi connectivity index (χ4n) is 2.87. The maximum Gasteiger partial charge on any atom is 0.261 e. The van der Waals surface area contributed by atoms with Crippen molar-refractivity contribution in [2.75, 3.05) is 33.9 Å². The van der Waals surface area contributed by atoms with E-state index in [1.807, 2.05) is 13.8 Å². The molecular formula is C19H25N3O5. The molecule has 1 N–H and O–H groups in total. The zero-order valence-electron chi connectivity index (χ0n) is 16.1. The maximum atomic E-state index is 12.6. The van der Waals surface area contributed by atoms with Crippen LogP contribution in [0.1, 0.15) is 51.3 Å². The Labute approximate surface area is 158 Å². The first-order valence-corrected chi connectivity index (χ1v) is 8.80. The SMILES string of the molecule is COCCCN1C(=O)c2ccc(C(=O)N(C)CC(=O)NC(C)C)cc2C1=O. The van der Waals surface area contributed by atoms with E-state index in [1.165, 1.54) is 30.1 Å². The Morgan fingerprint density at radius 3 is 2.48 bits per heavy atom. The van der Waals surface area contributed by atoms with Crippen LogP contribution in [0.4, 0.5) is 0 Å². The lowest BCUT2D eigenvalue weighted by Crippen LogP contribution is -2.40. The van der Waals surface area contributed by atoms with E-state index >= 15 is 0 Å². The lowest BCUT2D eigenvalue weighted by Gasteiger charge is -2.18. The predicted octanol–water partition coefficient (Wildman–Crippen LogP) is 0.916. The first kappa shape index (κ1) is 20.6. The van der Waals surface area contributed by atoms with Gasteiger partial charge in [0.25, 0.3) is 17.7 Å². The Kier molecular flexibility index (Phi) is 6.68. The van der Waals surface area contributed by atoms with Gasteiger partial charge in [0.2, 0.25) is 5.91 Å². The summed E-state index contributed by atoms with van der Waals surface area (Å²) in [4.78, 5) is 51.7. The summed E-state index contributed by atoms with van der Waals surface area (Å²) in [6, 6.07) is 4.39. The quantitative estimate of drug-likeness (QED) is 0.538. The van der Waals surface area contributed by atoms with Gasteiger partial charge in [-0.15, -0.1) is 0 Å². The van der Waals surface area contributed by atoms with Gasteiger partial charge in [-0.25, -0.2) is 0 Å². The van der Waals surface area contributed by atoms with Crippen LogP contribution >= 0.6 is 0 Å². The molecular weight excluding hydrogens is 350 g/mol. The highest BCUT2D eigenvalue weighted by Crippen LogP contribution is 2.24. The second-order valence-electron chi connectivity index (χ2n) is 6.75. The van der Waals surface area contributed by atoms with E-state index in [4.69, 9.17) is 4.74 Å². The molecule has 2 rings (SSSR count). The van der Waals surface area contributed by atoms with Gasteiger partial charge in [0.05, 0.1) is 17.7 Å². The summed E-state index contributed by atoms with van der Waals surface area (Å²) in [5.74, 6) is -1.44. The molecule has 0 bridgehead atoms. The fourth-order valence-corrected chi connectivity index (χ4v) is 2.87. The highest BCUT2D eigenvalue weighted by atomic mass is 16.5. The molecule has 4 amide bonds. The molecule has 0 saturated heterocycles. The number of likely N-dealkylation sites (N-methyl/N-ethyl adjacent to an activating group) is 1. The molecule has 1 aliphatic rings. The molecule has 8 heteroatoms. The van der Waals surface area contributed by atoms with Gasteiger partial charge in [-0.1, -0.05) is 0 Å². The monoisotopic (exact) mass is 375 g/mol. The van der Waals surface area contributed by atoms with Gasteiger partial charge in [-0.2, -0.15) is 0 Å². The molecule has 0 unspecified atom stereocenters. The number of benzene rings is 1. The van der Waals surface area contributed by atoms with E-state index < -0.39 is 11.8 Å². The van der Waals surface area contributed by atoms with Crippen molar-refractivity contribution in [3.8, 4) is 0 Å². The number of imide groups is 1. The molecule has 0 aromatic heterocycles. The molecule has 1 aromatic rings. The molecule has 0 aliphatic carbocycles. The van der Waals surface area contributed by atoms with E-state index in [0.717, 1.165) is 4.90 Å². The summed E-state index contributed by atoms with van der Waals surface area (Å²) in [6.45, 7) is 4.28. The number of fused-ring (bicyclic) bond motifs is 1. The number of carbonyl (C=O) groups is 4. The van der Waals surface area contributed by atoms with Gasteiger partial charge >= 0.3 is 0 Å². The fraction of sp³-hybridized carbons (Fsp3) is 0.474. The first-order chi connectivity index (χ1) is 12.8. The number of hydrogen-bond donors (Lipinski definition) is 1. The van der Waals surface area contributed by atoms with E-state index in [-0.39, 0.29) is 47.6 Å². The molecule has 0 saturated carbocycles. The summed E-state index contributed by atoms with van der Waals surface area (Å²) in [5.41, 5.74) is 0.756. The van der Waals surface area contributed by atoms with Crippen molar-refractivity contribution in [2.24, 2.45) is 0 Å². The van der Waals surface area contributed by atoms with Crippen LogP contribution in [0.2, 0.25) is 0 Å². The van der Waals surface area contributed by atoms with E-state index in [0.29, 0.717) is 13.0 Å². The average Bonchev–Trinajstić information content (AvgIpc) is 2.84. The Balaban J connectivity index is 2.12. The van der Waals surface area contributed by atoms with Gasteiger partial charge in [0, 0.05) is 38.9 Å². The second kappa shape index (κ2) is 8.77. The standard InChI is InChI=1S/C19H25N3O5/c1-12(2)20-16(23)11-21(3)17(24)13-6-7-14-15(10-13)19(26)22(18(14)25)8-5-9-27-4/h6-7,10,12H,5,8-9,11H2,1-4H3,(H,20,23). The molecule has 0 spiro atoms. The lowest BCUT2D eigenvalue weighted by atomic mass is 10.0. The molecule has 0 fully saturated rings. The van der Waals surface area contributed by atoms with Crippen LogP contribution in [0.15, 0.2) is 18.2 Å². The minimum Gasteiger partial charge on any atom is -0.385 e. The topological polar surface area (TPSA) is 96.0 Å². The van der Waals surface area contributed by atoms with Gasteiger partial charge in [0.15, 0.2) is 0 Å². The van der Waals surface area contributed by atoms with Crippen LogP contribution in [0.5, 0.6) is 0 Å². The van der Waals surface area contributed by atoms with Crippen LogP contribution in [0.3, 0.4) is 0 Å². The molecule has 1 aromatic carbocycles. The highest BCUT2D eigenvalue weighted by Gasteiger charge is 2.35. The number of amides is 4. The lowest BCUT2D eigenvalue weighted by molar-refractivity contribution is -0.122. The van der Waals surface area contributed by atoms with Crippen molar-refractivity contribution in [2.45, 2.75) is 26.3 Å². The molecule has 0 radical (unpaired) electrons. The molecule has 1 heterocycles. The number of carbonyl (C=O) groups excluding carboxylic acids is 4. The summed E-state index contributed by atoms with van der Waals surface area (Å²) in [7, 11) is 3.07. The second-order valence-corrected chi connectivity index (χ2v) is 6.75. The number of hydrogen-bond acceptors (Lipinski definition) is 5. The van der Waals surface area contributed by atoms with Gasteiger partial charge in [-0.05, 0) is 38.5 Å². The maximum absolute atomic E-state index is 12.6. The van der Waals surface area contributed by atoms with Crippen molar-refractivity contribution in [3.63, 3.8) is 0 Å². The summed E-state index contributed by atoms with van der Waals surface area (Å²) in [6.07, 6.45) is 0.543. The van der Waals surface area contributed by atoms with Crippen LogP contribution in [0.25, 0.3) is 0 Å². The third-order valence-corrected chi connectivity index (χ3v) is 4.12. The molecule has 0 atom stereocenters. The smallest absolute Gasteiger partial charge is 0.261 e. The number of nitrogens with one attached hydrogen (secondary N) is 1. The number of methoxy groups -OCH3 is 1. The van der Waals surface area contributed by atoms with Crippen LogP contribution in [-0.4, -0.2) is 73.3 Å². The normalized spacial score (nSPS) is 13.1. The van der Waals surface area contributed by atoms with Crippen LogP contribution in [0, 0.1) is 0 Å². The van der Waals surface area contributed by atoms with Gasteiger partial charge in [0.1, 0.15) is 0 Å². The molecule has 146 valence electrons. The van der Waals surface area contributed by atoms with Crippen LogP contribution in [-0.2, 0) is 9.53 Å². The Morgan fingerprint density at radius 1 is 1.19 bits per heavy atom. The third kappa shape index (κ3) is 4.71. The van der Waals surface area contributed by atoms with Crippen LogP contribution < -0.4 is 5.32 Å². The number of ether oxygens (including phenoxy) is 1. The third-order valence-electron chi connectivity index (χ3n) is 4.12. The zero-order valence-corrected chi connectivity index (χ0v) is 16.1. The Bertz CT molecular complexity index is 760. The Hall–Kier alpha value is -2.74. The Morgan fingerprint density at radius 2 is 1.85 bits per heavy atom.